The molecule has 1 heterocycles. The molecule has 0 aliphatic carbocycles. The van der Waals surface area contributed by atoms with Crippen molar-refractivity contribution in [2.45, 2.75) is 18.7 Å². The Balaban J connectivity index is 3.09. The van der Waals surface area contributed by atoms with Crippen molar-refractivity contribution < 1.29 is 23.1 Å². The van der Waals surface area contributed by atoms with Crippen LogP contribution < -0.4 is 0 Å². The van der Waals surface area contributed by atoms with E-state index in [0.29, 0.717) is 6.42 Å². The zero-order chi connectivity index (χ0) is 10.9. The van der Waals surface area contributed by atoms with Gasteiger partial charge < -0.3 is 10.0 Å². The lowest BCUT2D eigenvalue weighted by Gasteiger charge is -2.31. The highest BCUT2D eigenvalue weighted by atomic mass is 32.2. The summed E-state index contributed by atoms with van der Waals surface area (Å²) in [7, 11) is -3.71. The Bertz CT molecular complexity index is 360. The molecule has 1 atom stereocenters. The first-order chi connectivity index (χ1) is 6.36. The molecule has 14 heavy (non-hydrogen) atoms. The lowest BCUT2D eigenvalue weighted by Crippen LogP contribution is -2.53. The first-order valence-electron chi connectivity index (χ1n) is 4.08. The van der Waals surface area contributed by atoms with Crippen molar-refractivity contribution in [1.29, 1.82) is 0 Å². The van der Waals surface area contributed by atoms with Crippen LogP contribution in [0, 0.1) is 0 Å². The molecular formula is C7H11NO5S. The summed E-state index contributed by atoms with van der Waals surface area (Å²) in [5.41, 5.74) is 0. The summed E-state index contributed by atoms with van der Waals surface area (Å²) in [5.74, 6) is -2.19. The van der Waals surface area contributed by atoms with Gasteiger partial charge in [0.25, 0.3) is 0 Å². The minimum Gasteiger partial charge on any atom is -0.479 e. The van der Waals surface area contributed by atoms with Crippen LogP contribution in [-0.2, 0) is 19.4 Å². The molecule has 1 rings (SSSR count). The normalized spacial score (nSPS) is 25.8. The number of rotatable bonds is 1. The molecule has 0 aromatic carbocycles. The number of nitrogens with zero attached hydrogens (tertiary/aromatic N) is 1. The molecule has 0 aromatic heterocycles. The van der Waals surface area contributed by atoms with E-state index in [0.717, 1.165) is 11.8 Å². The Hall–Kier alpha value is -1.11. The summed E-state index contributed by atoms with van der Waals surface area (Å²) in [6.45, 7) is 1.35. The van der Waals surface area contributed by atoms with E-state index in [4.69, 9.17) is 5.11 Å². The fraction of sp³-hybridized carbons (Fsp3) is 0.714. The lowest BCUT2D eigenvalue weighted by molar-refractivity contribution is -0.146. The van der Waals surface area contributed by atoms with Crippen LogP contribution in [0.1, 0.15) is 13.3 Å². The number of sulfone groups is 1. The SMILES string of the molecule is CC(=O)N1CCCS(=O)(=O)C1C(=O)O. The maximum Gasteiger partial charge on any atom is 0.342 e. The van der Waals surface area contributed by atoms with E-state index in [-0.39, 0.29) is 12.3 Å². The Morgan fingerprint density at radius 3 is 2.36 bits per heavy atom. The maximum absolute atomic E-state index is 11.4. The third-order valence-electron chi connectivity index (χ3n) is 2.07. The van der Waals surface area contributed by atoms with E-state index >= 15 is 0 Å². The summed E-state index contributed by atoms with van der Waals surface area (Å²) in [6, 6.07) is 0. The summed E-state index contributed by atoms with van der Waals surface area (Å²) in [4.78, 5) is 22.6. The van der Waals surface area contributed by atoms with E-state index in [1.807, 2.05) is 0 Å². The molecule has 80 valence electrons. The van der Waals surface area contributed by atoms with Gasteiger partial charge in [0.2, 0.25) is 11.3 Å². The highest BCUT2D eigenvalue weighted by molar-refractivity contribution is 7.92. The van der Waals surface area contributed by atoms with E-state index < -0.39 is 27.1 Å². The van der Waals surface area contributed by atoms with Gasteiger partial charge in [-0.05, 0) is 6.42 Å². The van der Waals surface area contributed by atoms with Crippen LogP contribution in [0.3, 0.4) is 0 Å². The molecule has 0 spiro atoms. The predicted molar refractivity (Wildman–Crippen MR) is 47.2 cm³/mol. The van der Waals surface area contributed by atoms with Crippen molar-refractivity contribution in [1.82, 2.24) is 4.90 Å². The Kier molecular flexibility index (Phi) is 2.79. The molecule has 1 aliphatic heterocycles. The molecule has 1 fully saturated rings. The fourth-order valence-electron chi connectivity index (χ4n) is 1.47. The largest absolute Gasteiger partial charge is 0.479 e. The van der Waals surface area contributed by atoms with Crippen molar-refractivity contribution in [3.63, 3.8) is 0 Å². The first kappa shape index (κ1) is 11.0. The summed E-state index contributed by atoms with van der Waals surface area (Å²) < 4.78 is 22.7. The zero-order valence-corrected chi connectivity index (χ0v) is 8.45. The first-order valence-corrected chi connectivity index (χ1v) is 5.79. The molecule has 1 N–H and O–H groups in total. The maximum atomic E-state index is 11.4. The number of carbonyl (C=O) groups excluding carboxylic acids is 1. The zero-order valence-electron chi connectivity index (χ0n) is 7.63. The minimum atomic E-state index is -3.71. The van der Waals surface area contributed by atoms with Crippen molar-refractivity contribution in [2.24, 2.45) is 0 Å². The van der Waals surface area contributed by atoms with Gasteiger partial charge >= 0.3 is 5.97 Å². The molecule has 0 bridgehead atoms. The number of aliphatic carboxylic acids is 1. The molecule has 0 radical (unpaired) electrons. The van der Waals surface area contributed by atoms with Crippen LogP contribution in [-0.4, -0.2) is 48.0 Å². The van der Waals surface area contributed by atoms with Crippen LogP contribution in [0.2, 0.25) is 0 Å². The Morgan fingerprint density at radius 2 is 2.00 bits per heavy atom. The highest BCUT2D eigenvalue weighted by Gasteiger charge is 2.42. The second-order valence-corrected chi connectivity index (χ2v) is 5.30. The molecule has 7 heteroatoms. The van der Waals surface area contributed by atoms with E-state index in [1.54, 1.807) is 0 Å². The number of hydrogen-bond donors (Lipinski definition) is 1. The van der Waals surface area contributed by atoms with Crippen molar-refractivity contribution >= 4 is 21.7 Å². The third kappa shape index (κ3) is 1.87. The highest BCUT2D eigenvalue weighted by Crippen LogP contribution is 2.17. The van der Waals surface area contributed by atoms with Gasteiger partial charge in [0.1, 0.15) is 0 Å². The molecule has 1 amide bonds. The van der Waals surface area contributed by atoms with Crippen LogP contribution in [0.5, 0.6) is 0 Å². The topological polar surface area (TPSA) is 91.8 Å². The molecule has 6 nitrogen and oxygen atoms in total. The molecule has 1 unspecified atom stereocenters. The average molecular weight is 221 g/mol. The van der Waals surface area contributed by atoms with Gasteiger partial charge in [-0.1, -0.05) is 0 Å². The molecule has 0 aromatic rings. The van der Waals surface area contributed by atoms with E-state index in [2.05, 4.69) is 0 Å². The minimum absolute atomic E-state index is 0.173. The molecular weight excluding hydrogens is 210 g/mol. The van der Waals surface area contributed by atoms with Gasteiger partial charge in [-0.25, -0.2) is 13.2 Å². The smallest absolute Gasteiger partial charge is 0.342 e. The van der Waals surface area contributed by atoms with E-state index in [1.165, 1.54) is 0 Å². The number of carbonyl (C=O) groups is 2. The number of amides is 1. The van der Waals surface area contributed by atoms with Gasteiger partial charge in [-0.3, -0.25) is 4.79 Å². The molecule has 1 aliphatic rings. The standard InChI is InChI=1S/C7H11NO5S/c1-5(9)8-3-2-4-14(12,13)6(8)7(10)11/h6H,2-4H2,1H3,(H,10,11). The number of carboxylic acid groups (broad SMARTS) is 1. The van der Waals surface area contributed by atoms with Crippen LogP contribution >= 0.6 is 0 Å². The van der Waals surface area contributed by atoms with E-state index in [9.17, 15) is 18.0 Å². The fourth-order valence-corrected chi connectivity index (χ4v) is 3.17. The van der Waals surface area contributed by atoms with Gasteiger partial charge in [0.05, 0.1) is 5.75 Å². The number of hydrogen-bond acceptors (Lipinski definition) is 4. The number of carboxylic acids is 1. The predicted octanol–water partition coefficient (Wildman–Crippen LogP) is -0.936. The summed E-state index contributed by atoms with van der Waals surface area (Å²) >= 11 is 0. The second kappa shape index (κ2) is 3.56. The van der Waals surface area contributed by atoms with Gasteiger partial charge in [0, 0.05) is 13.5 Å². The average Bonchev–Trinajstić information content (AvgIpc) is 2.00. The van der Waals surface area contributed by atoms with Crippen LogP contribution in [0.4, 0.5) is 0 Å². The van der Waals surface area contributed by atoms with Crippen LogP contribution in [0.25, 0.3) is 0 Å². The van der Waals surface area contributed by atoms with Crippen molar-refractivity contribution in [2.75, 3.05) is 12.3 Å². The summed E-state index contributed by atoms with van der Waals surface area (Å²) in [6.07, 6.45) is 0.297. The van der Waals surface area contributed by atoms with Gasteiger partial charge in [-0.2, -0.15) is 0 Å². The molecule has 1 saturated heterocycles. The van der Waals surface area contributed by atoms with Crippen molar-refractivity contribution in [3.8, 4) is 0 Å². The molecule has 0 saturated carbocycles. The van der Waals surface area contributed by atoms with Gasteiger partial charge in [-0.15, -0.1) is 0 Å². The third-order valence-corrected chi connectivity index (χ3v) is 4.06. The Morgan fingerprint density at radius 1 is 1.43 bits per heavy atom. The lowest BCUT2D eigenvalue weighted by atomic mass is 10.4. The monoisotopic (exact) mass is 221 g/mol. The Labute approximate surface area is 81.4 Å². The summed E-state index contributed by atoms with van der Waals surface area (Å²) in [5, 5.41) is 7.02. The quantitative estimate of drug-likeness (QED) is 0.617. The van der Waals surface area contributed by atoms with Crippen molar-refractivity contribution in [3.05, 3.63) is 0 Å². The second-order valence-electron chi connectivity index (χ2n) is 3.12. The van der Waals surface area contributed by atoms with Gasteiger partial charge in [0.15, 0.2) is 9.84 Å². The van der Waals surface area contributed by atoms with Crippen LogP contribution in [0.15, 0.2) is 0 Å².